The van der Waals surface area contributed by atoms with Crippen LogP contribution in [0.25, 0.3) is 0 Å². The predicted molar refractivity (Wildman–Crippen MR) is 79.6 cm³/mol. The highest BCUT2D eigenvalue weighted by Gasteiger charge is 2.15. The second-order valence-electron chi connectivity index (χ2n) is 4.54. The number of rotatable bonds is 6. The summed E-state index contributed by atoms with van der Waals surface area (Å²) in [5.74, 6) is -0.327. The number of carbonyl (C=O) groups excluding carboxylic acids is 1. The van der Waals surface area contributed by atoms with E-state index in [4.69, 9.17) is 10.5 Å². The maximum absolute atomic E-state index is 11.6. The molecule has 0 aliphatic carbocycles. The van der Waals surface area contributed by atoms with E-state index in [1.165, 1.54) is 0 Å². The third-order valence-corrected chi connectivity index (χ3v) is 3.31. The Morgan fingerprint density at radius 2 is 2.05 bits per heavy atom. The predicted octanol–water partition coefficient (Wildman–Crippen LogP) is 3.07. The van der Waals surface area contributed by atoms with Crippen molar-refractivity contribution in [3.63, 3.8) is 0 Å². The summed E-state index contributed by atoms with van der Waals surface area (Å²) >= 11 is 0. The van der Waals surface area contributed by atoms with Crippen LogP contribution < -0.4 is 10.6 Å². The molecular formula is C15H24N2O2. The Kier molecular flexibility index (Phi) is 5.67. The van der Waals surface area contributed by atoms with Gasteiger partial charge in [0.2, 0.25) is 0 Å². The molecule has 1 atom stereocenters. The molecule has 0 saturated heterocycles. The van der Waals surface area contributed by atoms with Gasteiger partial charge in [-0.25, -0.2) is 4.79 Å². The van der Waals surface area contributed by atoms with Crippen molar-refractivity contribution in [3.05, 3.63) is 23.8 Å². The molecular weight excluding hydrogens is 240 g/mol. The van der Waals surface area contributed by atoms with Gasteiger partial charge in [-0.05, 0) is 45.4 Å². The lowest BCUT2D eigenvalue weighted by Gasteiger charge is -2.30. The Balaban J connectivity index is 3.02. The summed E-state index contributed by atoms with van der Waals surface area (Å²) in [5.41, 5.74) is 8.17. The van der Waals surface area contributed by atoms with Crippen molar-refractivity contribution in [2.45, 2.75) is 40.2 Å². The molecule has 0 radical (unpaired) electrons. The van der Waals surface area contributed by atoms with Gasteiger partial charge in [0.05, 0.1) is 23.5 Å². The summed E-state index contributed by atoms with van der Waals surface area (Å²) in [6, 6.07) is 5.78. The maximum atomic E-state index is 11.6. The van der Waals surface area contributed by atoms with Crippen molar-refractivity contribution in [2.24, 2.45) is 0 Å². The molecule has 0 bridgehead atoms. The number of anilines is 2. The third kappa shape index (κ3) is 3.63. The average molecular weight is 264 g/mol. The number of hydrogen-bond acceptors (Lipinski definition) is 4. The fraction of sp³-hybridized carbons (Fsp3) is 0.533. The standard InChI is InChI=1S/C15H24N2O2/c1-5-11(4)17(6-2)14-9-8-12(10-13(14)16)15(18)19-7-3/h8-11H,5-7,16H2,1-4H3. The monoisotopic (exact) mass is 264 g/mol. The van der Waals surface area contributed by atoms with Crippen molar-refractivity contribution < 1.29 is 9.53 Å². The first-order chi connectivity index (χ1) is 9.04. The Morgan fingerprint density at radius 3 is 2.53 bits per heavy atom. The smallest absolute Gasteiger partial charge is 0.338 e. The van der Waals surface area contributed by atoms with Crippen molar-refractivity contribution in [2.75, 3.05) is 23.8 Å². The van der Waals surface area contributed by atoms with E-state index in [0.29, 0.717) is 23.9 Å². The minimum Gasteiger partial charge on any atom is -0.462 e. The van der Waals surface area contributed by atoms with E-state index >= 15 is 0 Å². The topological polar surface area (TPSA) is 55.6 Å². The van der Waals surface area contributed by atoms with Crippen LogP contribution in [0.15, 0.2) is 18.2 Å². The van der Waals surface area contributed by atoms with E-state index in [0.717, 1.165) is 18.7 Å². The van der Waals surface area contributed by atoms with Gasteiger partial charge in [-0.2, -0.15) is 0 Å². The summed E-state index contributed by atoms with van der Waals surface area (Å²) in [7, 11) is 0. The van der Waals surface area contributed by atoms with E-state index < -0.39 is 0 Å². The molecule has 0 aromatic heterocycles. The molecule has 0 saturated carbocycles. The lowest BCUT2D eigenvalue weighted by Crippen LogP contribution is -2.32. The van der Waals surface area contributed by atoms with Gasteiger partial charge in [0.15, 0.2) is 0 Å². The van der Waals surface area contributed by atoms with Crippen LogP contribution in [-0.4, -0.2) is 25.2 Å². The molecule has 1 aromatic carbocycles. The summed E-state index contributed by atoms with van der Waals surface area (Å²) in [6.07, 6.45) is 1.05. The van der Waals surface area contributed by atoms with E-state index in [-0.39, 0.29) is 5.97 Å². The second-order valence-corrected chi connectivity index (χ2v) is 4.54. The number of benzene rings is 1. The van der Waals surface area contributed by atoms with Crippen molar-refractivity contribution in [3.8, 4) is 0 Å². The van der Waals surface area contributed by atoms with E-state index in [1.54, 1.807) is 19.1 Å². The largest absolute Gasteiger partial charge is 0.462 e. The number of carbonyl (C=O) groups is 1. The number of nitrogens with two attached hydrogens (primary N) is 1. The van der Waals surface area contributed by atoms with Gasteiger partial charge in [-0.3, -0.25) is 0 Å². The third-order valence-electron chi connectivity index (χ3n) is 3.31. The summed E-state index contributed by atoms with van der Waals surface area (Å²) in [6.45, 7) is 9.47. The van der Waals surface area contributed by atoms with Gasteiger partial charge >= 0.3 is 5.97 Å². The van der Waals surface area contributed by atoms with Crippen molar-refractivity contribution in [1.82, 2.24) is 0 Å². The lowest BCUT2D eigenvalue weighted by atomic mass is 10.1. The van der Waals surface area contributed by atoms with Gasteiger partial charge in [0.1, 0.15) is 0 Å². The molecule has 1 unspecified atom stereocenters. The summed E-state index contributed by atoms with van der Waals surface area (Å²) in [4.78, 5) is 13.9. The fourth-order valence-electron chi connectivity index (χ4n) is 2.10. The van der Waals surface area contributed by atoms with E-state index in [1.807, 2.05) is 6.07 Å². The molecule has 0 aliphatic heterocycles. The minimum atomic E-state index is -0.327. The maximum Gasteiger partial charge on any atom is 0.338 e. The molecule has 19 heavy (non-hydrogen) atoms. The van der Waals surface area contributed by atoms with Crippen LogP contribution >= 0.6 is 0 Å². The number of esters is 1. The highest BCUT2D eigenvalue weighted by molar-refractivity contribution is 5.92. The number of ether oxygens (including phenoxy) is 1. The first-order valence-electron chi connectivity index (χ1n) is 6.88. The highest BCUT2D eigenvalue weighted by atomic mass is 16.5. The van der Waals surface area contributed by atoms with E-state index in [2.05, 4.69) is 25.7 Å². The zero-order chi connectivity index (χ0) is 14.4. The minimum absolute atomic E-state index is 0.327. The van der Waals surface area contributed by atoms with Crippen LogP contribution in [-0.2, 0) is 4.74 Å². The molecule has 0 spiro atoms. The van der Waals surface area contributed by atoms with Gasteiger partial charge in [0, 0.05) is 12.6 Å². The summed E-state index contributed by atoms with van der Waals surface area (Å²) < 4.78 is 4.97. The zero-order valence-corrected chi connectivity index (χ0v) is 12.3. The molecule has 4 nitrogen and oxygen atoms in total. The van der Waals surface area contributed by atoms with Crippen molar-refractivity contribution in [1.29, 1.82) is 0 Å². The molecule has 106 valence electrons. The van der Waals surface area contributed by atoms with Crippen LogP contribution in [0.3, 0.4) is 0 Å². The molecule has 1 rings (SSSR count). The first kappa shape index (κ1) is 15.3. The molecule has 0 amide bonds. The molecule has 0 heterocycles. The Hall–Kier alpha value is -1.71. The zero-order valence-electron chi connectivity index (χ0n) is 12.3. The Morgan fingerprint density at radius 1 is 1.37 bits per heavy atom. The quantitative estimate of drug-likeness (QED) is 0.633. The summed E-state index contributed by atoms with van der Waals surface area (Å²) in [5, 5.41) is 0. The van der Waals surface area contributed by atoms with Gasteiger partial charge < -0.3 is 15.4 Å². The normalized spacial score (nSPS) is 12.0. The van der Waals surface area contributed by atoms with Crippen LogP contribution in [0.5, 0.6) is 0 Å². The number of nitrogen functional groups attached to an aromatic ring is 1. The molecule has 4 heteroatoms. The molecule has 0 aliphatic rings. The van der Waals surface area contributed by atoms with Gasteiger partial charge in [-0.1, -0.05) is 6.92 Å². The number of nitrogens with zero attached hydrogens (tertiary/aromatic N) is 1. The van der Waals surface area contributed by atoms with Crippen LogP contribution in [0.2, 0.25) is 0 Å². The first-order valence-corrected chi connectivity index (χ1v) is 6.88. The lowest BCUT2D eigenvalue weighted by molar-refractivity contribution is 0.0526. The Labute approximate surface area is 115 Å². The van der Waals surface area contributed by atoms with Gasteiger partial charge in [-0.15, -0.1) is 0 Å². The van der Waals surface area contributed by atoms with E-state index in [9.17, 15) is 4.79 Å². The van der Waals surface area contributed by atoms with Gasteiger partial charge in [0.25, 0.3) is 0 Å². The molecule has 1 aromatic rings. The van der Waals surface area contributed by atoms with Crippen LogP contribution in [0.4, 0.5) is 11.4 Å². The highest BCUT2D eigenvalue weighted by Crippen LogP contribution is 2.27. The Bertz CT molecular complexity index is 432. The molecule has 2 N–H and O–H groups in total. The average Bonchev–Trinajstić information content (AvgIpc) is 2.41. The van der Waals surface area contributed by atoms with Crippen molar-refractivity contribution >= 4 is 17.3 Å². The molecule has 0 fully saturated rings. The van der Waals surface area contributed by atoms with Crippen LogP contribution in [0, 0.1) is 0 Å². The second kappa shape index (κ2) is 7.02. The van der Waals surface area contributed by atoms with Crippen LogP contribution in [0.1, 0.15) is 44.5 Å². The fourth-order valence-corrected chi connectivity index (χ4v) is 2.10. The SMILES string of the molecule is CCOC(=O)c1ccc(N(CC)C(C)CC)c(N)c1. The number of hydrogen-bond donors (Lipinski definition) is 1.